The molecule has 166 valence electrons. The van der Waals surface area contributed by atoms with E-state index in [4.69, 9.17) is 0 Å². The number of aromatic nitrogens is 1. The maximum absolute atomic E-state index is 14.8. The topological polar surface area (TPSA) is 45.6 Å². The van der Waals surface area contributed by atoms with Crippen molar-refractivity contribution >= 4 is 11.8 Å². The van der Waals surface area contributed by atoms with Gasteiger partial charge in [-0.1, -0.05) is 42.8 Å². The predicted molar refractivity (Wildman–Crippen MR) is 122 cm³/mol. The van der Waals surface area contributed by atoms with Crippen molar-refractivity contribution < 1.29 is 14.0 Å². The summed E-state index contributed by atoms with van der Waals surface area (Å²) in [6.07, 6.45) is 2.69. The molecule has 4 rings (SSSR count). The Hall–Kier alpha value is -3.41. The van der Waals surface area contributed by atoms with E-state index in [1.807, 2.05) is 44.3 Å². The zero-order chi connectivity index (χ0) is 22.7. The molecule has 3 aromatic rings. The number of aryl methyl sites for hydroxylation is 1. The van der Waals surface area contributed by atoms with Crippen LogP contribution in [0.15, 0.2) is 66.9 Å². The van der Waals surface area contributed by atoms with Gasteiger partial charge in [0.2, 0.25) is 5.91 Å². The highest BCUT2D eigenvalue weighted by atomic mass is 19.1. The molecular weight excluding hydrogens is 405 g/mol. The Morgan fingerprint density at radius 1 is 1.03 bits per heavy atom. The third-order valence-electron chi connectivity index (χ3n) is 5.96. The first-order valence-electron chi connectivity index (χ1n) is 11.0. The number of hydrogen-bond acceptors (Lipinski definition) is 2. The summed E-state index contributed by atoms with van der Waals surface area (Å²) in [6.45, 7) is 5.49. The average molecular weight is 434 g/mol. The Labute approximate surface area is 188 Å². The number of carbonyl (C=O) groups is 2. The van der Waals surface area contributed by atoms with Gasteiger partial charge in [0, 0.05) is 42.7 Å². The number of rotatable bonds is 6. The molecule has 0 aliphatic carbocycles. The van der Waals surface area contributed by atoms with Crippen LogP contribution in [-0.4, -0.2) is 45.8 Å². The Balaban J connectivity index is 1.62. The maximum Gasteiger partial charge on any atom is 0.254 e. The van der Waals surface area contributed by atoms with Crippen LogP contribution in [0.4, 0.5) is 4.39 Å². The van der Waals surface area contributed by atoms with Crippen LogP contribution in [-0.2, 0) is 11.3 Å². The summed E-state index contributed by atoms with van der Waals surface area (Å²) < 4.78 is 16.8. The highest BCUT2D eigenvalue weighted by Gasteiger charge is 2.34. The number of halogens is 1. The molecule has 1 aromatic heterocycles. The van der Waals surface area contributed by atoms with Crippen LogP contribution in [0.5, 0.6) is 0 Å². The molecule has 0 radical (unpaired) electrons. The van der Waals surface area contributed by atoms with E-state index < -0.39 is 6.04 Å². The number of benzene rings is 2. The number of amides is 2. The summed E-state index contributed by atoms with van der Waals surface area (Å²) in [5, 5.41) is 0. The van der Waals surface area contributed by atoms with Gasteiger partial charge in [-0.05, 0) is 43.7 Å². The molecule has 2 heterocycles. The number of carbonyl (C=O) groups excluding carboxylic acids is 2. The minimum Gasteiger partial charge on any atom is -0.348 e. The lowest BCUT2D eigenvalue weighted by Crippen LogP contribution is -2.48. The van der Waals surface area contributed by atoms with E-state index in [-0.39, 0.29) is 24.2 Å². The quantitative estimate of drug-likeness (QED) is 0.578. The molecule has 0 saturated carbocycles. The van der Waals surface area contributed by atoms with Gasteiger partial charge in [0.05, 0.1) is 0 Å². The van der Waals surface area contributed by atoms with E-state index >= 15 is 0 Å². The minimum atomic E-state index is -0.523. The maximum atomic E-state index is 14.8. The Kier molecular flexibility index (Phi) is 6.40. The predicted octanol–water partition coefficient (Wildman–Crippen LogP) is 4.42. The molecule has 2 amide bonds. The van der Waals surface area contributed by atoms with Crippen molar-refractivity contribution in [3.05, 3.63) is 95.1 Å². The largest absolute Gasteiger partial charge is 0.348 e. The molecule has 0 bridgehead atoms. The first-order valence-corrected chi connectivity index (χ1v) is 11.0. The second-order valence-electron chi connectivity index (χ2n) is 8.23. The summed E-state index contributed by atoms with van der Waals surface area (Å²) in [7, 11) is 0. The summed E-state index contributed by atoms with van der Waals surface area (Å²) in [5.41, 5.74) is 2.98. The third kappa shape index (κ3) is 4.31. The molecule has 6 heteroatoms. The fourth-order valence-corrected chi connectivity index (χ4v) is 4.33. The van der Waals surface area contributed by atoms with Gasteiger partial charge in [-0.2, -0.15) is 0 Å². The van der Waals surface area contributed by atoms with Gasteiger partial charge < -0.3 is 14.4 Å². The molecule has 1 aliphatic heterocycles. The number of hydrogen-bond donors (Lipinski definition) is 0. The monoisotopic (exact) mass is 433 g/mol. The van der Waals surface area contributed by atoms with Gasteiger partial charge >= 0.3 is 0 Å². The zero-order valence-corrected chi connectivity index (χ0v) is 18.5. The van der Waals surface area contributed by atoms with Gasteiger partial charge in [0.15, 0.2) is 0 Å². The Morgan fingerprint density at radius 3 is 2.50 bits per heavy atom. The first kappa shape index (κ1) is 21.8. The smallest absolute Gasteiger partial charge is 0.254 e. The van der Waals surface area contributed by atoms with Crippen LogP contribution >= 0.6 is 0 Å². The lowest BCUT2D eigenvalue weighted by Gasteiger charge is -2.38. The van der Waals surface area contributed by atoms with Gasteiger partial charge in [-0.15, -0.1) is 0 Å². The Bertz CT molecular complexity index is 1110. The van der Waals surface area contributed by atoms with Crippen LogP contribution in [0.1, 0.15) is 46.6 Å². The summed E-state index contributed by atoms with van der Waals surface area (Å²) in [4.78, 5) is 29.9. The van der Waals surface area contributed by atoms with Crippen molar-refractivity contribution in [2.24, 2.45) is 0 Å². The lowest BCUT2D eigenvalue weighted by molar-refractivity contribution is -0.134. The van der Waals surface area contributed by atoms with Crippen LogP contribution in [0, 0.1) is 12.7 Å². The lowest BCUT2D eigenvalue weighted by atomic mass is 9.99. The normalized spacial score (nSPS) is 15.3. The highest BCUT2D eigenvalue weighted by Crippen LogP contribution is 2.34. The SMILES string of the molecule is CCCN(CC(=O)N1CCn2cccc2[C@H]1c1ccccc1F)C(=O)c1ccc(C)cc1. The molecule has 0 fully saturated rings. The van der Waals surface area contributed by atoms with E-state index in [1.165, 1.54) is 6.07 Å². The van der Waals surface area contributed by atoms with Crippen molar-refractivity contribution in [3.63, 3.8) is 0 Å². The molecule has 1 aliphatic rings. The van der Waals surface area contributed by atoms with Crippen LogP contribution in [0.25, 0.3) is 0 Å². The Morgan fingerprint density at radius 2 is 1.78 bits per heavy atom. The van der Waals surface area contributed by atoms with Crippen LogP contribution < -0.4 is 0 Å². The van der Waals surface area contributed by atoms with Crippen molar-refractivity contribution in [2.75, 3.05) is 19.6 Å². The van der Waals surface area contributed by atoms with E-state index in [1.54, 1.807) is 40.1 Å². The standard InChI is InChI=1S/C26H28FN3O2/c1-3-14-29(26(32)20-12-10-19(2)11-13-20)18-24(31)30-17-16-28-15-6-9-23(28)25(30)21-7-4-5-8-22(21)27/h4-13,15,25H,3,14,16-18H2,1-2H3/t25-/m1/s1. The molecule has 0 unspecified atom stereocenters. The minimum absolute atomic E-state index is 0.0355. The van der Waals surface area contributed by atoms with E-state index in [0.717, 1.165) is 17.7 Å². The summed E-state index contributed by atoms with van der Waals surface area (Å²) in [6, 6.07) is 17.3. The van der Waals surface area contributed by atoms with E-state index in [9.17, 15) is 14.0 Å². The third-order valence-corrected chi connectivity index (χ3v) is 5.96. The molecule has 1 atom stereocenters. The molecule has 32 heavy (non-hydrogen) atoms. The number of fused-ring (bicyclic) bond motifs is 1. The molecule has 5 nitrogen and oxygen atoms in total. The average Bonchev–Trinajstić information content (AvgIpc) is 3.27. The highest BCUT2D eigenvalue weighted by molar-refractivity contribution is 5.96. The van der Waals surface area contributed by atoms with Crippen LogP contribution in [0.2, 0.25) is 0 Å². The zero-order valence-electron chi connectivity index (χ0n) is 18.5. The first-order chi connectivity index (χ1) is 15.5. The van der Waals surface area contributed by atoms with Crippen molar-refractivity contribution in [1.29, 1.82) is 0 Å². The molecular formula is C26H28FN3O2. The van der Waals surface area contributed by atoms with Crippen molar-refractivity contribution in [1.82, 2.24) is 14.4 Å². The van der Waals surface area contributed by atoms with E-state index in [2.05, 4.69) is 4.57 Å². The summed E-state index contributed by atoms with van der Waals surface area (Å²) >= 11 is 0. The fourth-order valence-electron chi connectivity index (χ4n) is 4.33. The van der Waals surface area contributed by atoms with Gasteiger partial charge in [0.1, 0.15) is 18.4 Å². The summed E-state index contributed by atoms with van der Waals surface area (Å²) in [5.74, 6) is -0.686. The molecule has 0 spiro atoms. The van der Waals surface area contributed by atoms with Gasteiger partial charge in [0.25, 0.3) is 5.91 Å². The molecule has 0 N–H and O–H groups in total. The fraction of sp³-hybridized carbons (Fsp3) is 0.308. The second-order valence-corrected chi connectivity index (χ2v) is 8.23. The molecule has 2 aromatic carbocycles. The van der Waals surface area contributed by atoms with Crippen LogP contribution in [0.3, 0.4) is 0 Å². The van der Waals surface area contributed by atoms with Crippen molar-refractivity contribution in [2.45, 2.75) is 32.9 Å². The van der Waals surface area contributed by atoms with Crippen molar-refractivity contribution in [3.8, 4) is 0 Å². The van der Waals surface area contributed by atoms with E-state index in [0.29, 0.717) is 30.8 Å². The second kappa shape index (κ2) is 9.39. The van der Waals surface area contributed by atoms with Gasteiger partial charge in [-0.3, -0.25) is 9.59 Å². The van der Waals surface area contributed by atoms with Gasteiger partial charge in [-0.25, -0.2) is 4.39 Å². The number of nitrogens with zero attached hydrogens (tertiary/aromatic N) is 3. The molecule has 0 saturated heterocycles.